The first-order valence-corrected chi connectivity index (χ1v) is 9.61. The van der Waals surface area contributed by atoms with E-state index < -0.39 is 0 Å². The quantitative estimate of drug-likeness (QED) is 0.164. The number of hydrogen-bond acceptors (Lipinski definition) is 0. The lowest BCUT2D eigenvalue weighted by molar-refractivity contribution is 0.611. The molecule has 0 nitrogen and oxygen atoms in total. The molecule has 0 saturated carbocycles. The third-order valence-corrected chi connectivity index (χ3v) is 3.77. The van der Waals surface area contributed by atoms with Crippen molar-refractivity contribution < 1.29 is 0 Å². The zero-order valence-corrected chi connectivity index (χ0v) is 15.2. The van der Waals surface area contributed by atoms with Crippen LogP contribution in [0.15, 0.2) is 42.2 Å². The third-order valence-electron chi connectivity index (χ3n) is 3.77. The van der Waals surface area contributed by atoms with E-state index in [2.05, 4.69) is 56.0 Å². The number of allylic oxidation sites excluding steroid dienone is 5. The highest BCUT2D eigenvalue weighted by Crippen LogP contribution is 2.07. The minimum atomic E-state index is 1.01. The van der Waals surface area contributed by atoms with Crippen molar-refractivity contribution in [1.29, 1.82) is 0 Å². The van der Waals surface area contributed by atoms with Crippen molar-refractivity contribution in [2.24, 2.45) is 0 Å². The molecule has 0 atom stereocenters. The van der Waals surface area contributed by atoms with Gasteiger partial charge in [0.25, 0.3) is 0 Å². The molecule has 0 aromatic rings. The summed E-state index contributed by atoms with van der Waals surface area (Å²) in [4.78, 5) is 0. The minimum Gasteiger partial charge on any atom is -0.129 e. The summed E-state index contributed by atoms with van der Waals surface area (Å²) in [5.41, 5.74) is 3.26. The maximum absolute atomic E-state index is 3.26. The number of hydrogen-bond donors (Lipinski definition) is 0. The second-order valence-corrected chi connectivity index (χ2v) is 6.04. The summed E-state index contributed by atoms with van der Waals surface area (Å²) >= 11 is 0. The van der Waals surface area contributed by atoms with Crippen LogP contribution in [0, 0.1) is 0 Å². The highest BCUT2D eigenvalue weighted by atomic mass is 13.9. The Morgan fingerprint density at radius 2 is 1.14 bits per heavy atom. The Morgan fingerprint density at radius 3 is 1.95 bits per heavy atom. The molecule has 0 aromatic heterocycles. The Hall–Kier alpha value is -1.00. The number of unbranched alkanes of at least 4 members (excludes halogenated alkanes) is 9. The molecule has 126 valence electrons. The van der Waals surface area contributed by atoms with Gasteiger partial charge >= 0.3 is 0 Å². The fourth-order valence-corrected chi connectivity index (χ4v) is 2.33. The van der Waals surface area contributed by atoms with Crippen LogP contribution in [0.4, 0.5) is 0 Å². The molecule has 0 aromatic carbocycles. The van der Waals surface area contributed by atoms with Crippen molar-refractivity contribution in [3.8, 4) is 0 Å². The smallest absolute Gasteiger partial charge is 0.00929 e. The first-order valence-electron chi connectivity index (χ1n) is 9.61. The predicted octanol–water partition coefficient (Wildman–Crippen LogP) is 7.92. The van der Waals surface area contributed by atoms with Gasteiger partial charge in [0.2, 0.25) is 0 Å². The molecular formula is C22H38. The van der Waals surface area contributed by atoms with Crippen molar-refractivity contribution in [1.82, 2.24) is 0 Å². The van der Waals surface area contributed by atoms with Crippen LogP contribution in [-0.2, 0) is 0 Å². The van der Waals surface area contributed by atoms with Gasteiger partial charge < -0.3 is 0 Å². The van der Waals surface area contributed by atoms with Crippen LogP contribution in [-0.4, -0.2) is 0 Å². The molecule has 0 heteroatoms. The molecule has 0 unspecified atom stereocenters. The van der Waals surface area contributed by atoms with Crippen molar-refractivity contribution in [3.63, 3.8) is 0 Å². The molecule has 0 aliphatic heterocycles. The van der Waals surface area contributed by atoms with Gasteiger partial charge in [-0.2, -0.15) is 0 Å². The highest BCUT2D eigenvalue weighted by molar-refractivity contribution is 4.97. The van der Waals surface area contributed by atoms with E-state index in [9.17, 15) is 0 Å². The second-order valence-electron chi connectivity index (χ2n) is 6.04. The van der Waals surface area contributed by atoms with Crippen molar-refractivity contribution >= 4 is 0 Å². The molecule has 0 rings (SSSR count). The van der Waals surface area contributed by atoms with Gasteiger partial charge in [-0.05, 0) is 50.7 Å². The topological polar surface area (TPSA) is 0 Å². The standard InChI is InChI=1S/C22H38/c1-3-5-7-9-11-13-15-17-19-21-22-20-18-16-14-12-10-8-6-4-2/h11,15,18-21H,3-10,12,14,16-17,22H2,1-2H3/b20-18+,21-19+. The summed E-state index contributed by atoms with van der Waals surface area (Å²) in [5, 5.41) is 0. The van der Waals surface area contributed by atoms with Gasteiger partial charge in [-0.25, -0.2) is 0 Å². The SMILES string of the molecule is CCCCCC=C=CC/C=C/C/C=C/CCCCCCCC. The van der Waals surface area contributed by atoms with Crippen molar-refractivity contribution in [2.75, 3.05) is 0 Å². The first kappa shape index (κ1) is 21.0. The molecule has 0 fully saturated rings. The summed E-state index contributed by atoms with van der Waals surface area (Å²) in [6.45, 7) is 4.52. The summed E-state index contributed by atoms with van der Waals surface area (Å²) in [6.07, 6.45) is 30.2. The normalized spacial score (nSPS) is 11.2. The van der Waals surface area contributed by atoms with Crippen LogP contribution in [0.1, 0.15) is 97.3 Å². The Kier molecular flexibility index (Phi) is 19.1. The molecule has 0 aliphatic carbocycles. The average Bonchev–Trinajstić information content (AvgIpc) is 2.54. The van der Waals surface area contributed by atoms with E-state index in [1.165, 1.54) is 70.6 Å². The van der Waals surface area contributed by atoms with Crippen LogP contribution >= 0.6 is 0 Å². The Bertz CT molecular complexity index is 313. The third kappa shape index (κ3) is 19.0. The fourth-order valence-electron chi connectivity index (χ4n) is 2.33. The van der Waals surface area contributed by atoms with E-state index in [0.717, 1.165) is 12.8 Å². The van der Waals surface area contributed by atoms with Gasteiger partial charge in [0.15, 0.2) is 0 Å². The largest absolute Gasteiger partial charge is 0.129 e. The van der Waals surface area contributed by atoms with E-state index in [-0.39, 0.29) is 0 Å². The zero-order chi connectivity index (χ0) is 16.1. The molecule has 0 N–H and O–H groups in total. The monoisotopic (exact) mass is 302 g/mol. The molecule has 0 bridgehead atoms. The molecule has 0 radical (unpaired) electrons. The van der Waals surface area contributed by atoms with Crippen LogP contribution in [0.3, 0.4) is 0 Å². The second kappa shape index (κ2) is 20.0. The molecule has 0 saturated heterocycles. The Balaban J connectivity index is 3.35. The van der Waals surface area contributed by atoms with Crippen molar-refractivity contribution in [3.05, 3.63) is 42.2 Å². The van der Waals surface area contributed by atoms with Gasteiger partial charge in [-0.15, -0.1) is 5.73 Å². The van der Waals surface area contributed by atoms with E-state index in [1.54, 1.807) is 0 Å². The van der Waals surface area contributed by atoms with E-state index in [1.807, 2.05) is 0 Å². The Labute approximate surface area is 140 Å². The van der Waals surface area contributed by atoms with Gasteiger partial charge in [-0.3, -0.25) is 0 Å². The molecular weight excluding hydrogens is 264 g/mol. The van der Waals surface area contributed by atoms with Crippen LogP contribution < -0.4 is 0 Å². The van der Waals surface area contributed by atoms with Gasteiger partial charge in [-0.1, -0.05) is 83.1 Å². The molecule has 0 heterocycles. The summed E-state index contributed by atoms with van der Waals surface area (Å²) in [5.74, 6) is 0. The lowest BCUT2D eigenvalue weighted by Gasteiger charge is -1.97. The molecule has 0 amide bonds. The summed E-state index contributed by atoms with van der Waals surface area (Å²) in [6, 6.07) is 0. The summed E-state index contributed by atoms with van der Waals surface area (Å²) in [7, 11) is 0. The minimum absolute atomic E-state index is 1.01. The van der Waals surface area contributed by atoms with E-state index in [0.29, 0.717) is 0 Å². The fraction of sp³-hybridized carbons (Fsp3) is 0.682. The number of rotatable bonds is 15. The summed E-state index contributed by atoms with van der Waals surface area (Å²) < 4.78 is 0. The maximum Gasteiger partial charge on any atom is -0.00929 e. The lowest BCUT2D eigenvalue weighted by Crippen LogP contribution is -1.77. The van der Waals surface area contributed by atoms with Crippen LogP contribution in [0.25, 0.3) is 0 Å². The van der Waals surface area contributed by atoms with Gasteiger partial charge in [0.05, 0.1) is 0 Å². The average molecular weight is 303 g/mol. The molecule has 22 heavy (non-hydrogen) atoms. The lowest BCUT2D eigenvalue weighted by atomic mass is 10.1. The predicted molar refractivity (Wildman–Crippen MR) is 102 cm³/mol. The van der Waals surface area contributed by atoms with Crippen LogP contribution in [0.2, 0.25) is 0 Å². The van der Waals surface area contributed by atoms with Gasteiger partial charge in [0, 0.05) is 0 Å². The highest BCUT2D eigenvalue weighted by Gasteiger charge is 1.87. The zero-order valence-electron chi connectivity index (χ0n) is 15.2. The molecule has 0 spiro atoms. The Morgan fingerprint density at radius 1 is 0.545 bits per heavy atom. The maximum atomic E-state index is 3.26. The van der Waals surface area contributed by atoms with Crippen molar-refractivity contribution in [2.45, 2.75) is 97.3 Å². The van der Waals surface area contributed by atoms with Crippen LogP contribution in [0.5, 0.6) is 0 Å². The molecule has 0 aliphatic rings. The van der Waals surface area contributed by atoms with Gasteiger partial charge in [0.1, 0.15) is 0 Å². The first-order chi connectivity index (χ1) is 10.9. The van der Waals surface area contributed by atoms with E-state index >= 15 is 0 Å². The van der Waals surface area contributed by atoms with E-state index in [4.69, 9.17) is 0 Å².